The zero-order valence-electron chi connectivity index (χ0n) is 18.2. The molecule has 0 saturated carbocycles. The Morgan fingerprint density at radius 1 is 1.03 bits per heavy atom. The Morgan fingerprint density at radius 2 is 1.73 bits per heavy atom. The van der Waals surface area contributed by atoms with Crippen LogP contribution in [0.25, 0.3) is 11.0 Å². The molecule has 0 aliphatic carbocycles. The highest BCUT2D eigenvalue weighted by molar-refractivity contribution is 8.00. The Morgan fingerprint density at radius 3 is 2.48 bits per heavy atom. The van der Waals surface area contributed by atoms with Crippen molar-refractivity contribution in [1.82, 2.24) is 14.3 Å². The van der Waals surface area contributed by atoms with E-state index in [0.29, 0.717) is 23.3 Å². The predicted molar refractivity (Wildman–Crippen MR) is 129 cm³/mol. The number of rotatable bonds is 8. The maximum atomic E-state index is 13.5. The molecule has 0 bridgehead atoms. The number of fused-ring (bicyclic) bond motifs is 1. The molecule has 0 atom stereocenters. The van der Waals surface area contributed by atoms with Crippen LogP contribution in [0, 0.1) is 6.92 Å². The number of carbonyl (C=O) groups is 1. The molecular formula is C24H23N3O4S2. The Labute approximate surface area is 196 Å². The van der Waals surface area contributed by atoms with Crippen molar-refractivity contribution in [3.63, 3.8) is 0 Å². The van der Waals surface area contributed by atoms with Gasteiger partial charge in [0.2, 0.25) is 5.91 Å². The molecule has 0 aliphatic heterocycles. The quantitative estimate of drug-likeness (QED) is 0.383. The molecule has 3 aromatic carbocycles. The monoisotopic (exact) mass is 481 g/mol. The SMILES string of the molecule is COc1ccccc1CNC(=O)CSc1nc2ccccc2n1S(=O)(=O)c1ccc(C)cc1. The molecule has 0 unspecified atom stereocenters. The van der Waals surface area contributed by atoms with Crippen LogP contribution in [0.5, 0.6) is 5.75 Å². The lowest BCUT2D eigenvalue weighted by molar-refractivity contribution is -0.118. The third kappa shape index (κ3) is 4.89. The van der Waals surface area contributed by atoms with Gasteiger partial charge in [-0.2, -0.15) is 0 Å². The summed E-state index contributed by atoms with van der Waals surface area (Å²) in [6, 6.07) is 21.1. The molecule has 4 rings (SSSR count). The van der Waals surface area contributed by atoms with E-state index in [2.05, 4.69) is 10.3 Å². The number of aromatic nitrogens is 2. The van der Waals surface area contributed by atoms with Gasteiger partial charge in [-0.1, -0.05) is 59.8 Å². The van der Waals surface area contributed by atoms with Crippen molar-refractivity contribution in [2.24, 2.45) is 0 Å². The number of benzene rings is 3. The number of thioether (sulfide) groups is 1. The van der Waals surface area contributed by atoms with Crippen LogP contribution in [0.4, 0.5) is 0 Å². The van der Waals surface area contributed by atoms with E-state index in [1.165, 1.54) is 3.97 Å². The largest absolute Gasteiger partial charge is 0.496 e. The number of amides is 1. The second-order valence-corrected chi connectivity index (χ2v) is 10.1. The lowest BCUT2D eigenvalue weighted by Gasteiger charge is -2.11. The molecule has 4 aromatic rings. The van der Waals surface area contributed by atoms with E-state index in [1.807, 2.05) is 31.2 Å². The van der Waals surface area contributed by atoms with E-state index >= 15 is 0 Å². The molecule has 33 heavy (non-hydrogen) atoms. The van der Waals surface area contributed by atoms with E-state index in [9.17, 15) is 13.2 Å². The number of nitrogens with zero attached hydrogens (tertiary/aromatic N) is 2. The maximum Gasteiger partial charge on any atom is 0.270 e. The zero-order valence-corrected chi connectivity index (χ0v) is 19.8. The summed E-state index contributed by atoms with van der Waals surface area (Å²) in [5, 5.41) is 3.09. The lowest BCUT2D eigenvalue weighted by Crippen LogP contribution is -2.25. The van der Waals surface area contributed by atoms with Crippen LogP contribution in [-0.4, -0.2) is 36.1 Å². The molecule has 1 amide bonds. The van der Waals surface area contributed by atoms with Crippen LogP contribution >= 0.6 is 11.8 Å². The fourth-order valence-corrected chi connectivity index (χ4v) is 5.89. The first-order chi connectivity index (χ1) is 15.9. The molecule has 0 radical (unpaired) electrons. The highest BCUT2D eigenvalue weighted by atomic mass is 32.2. The highest BCUT2D eigenvalue weighted by Gasteiger charge is 2.25. The number of hydrogen-bond donors (Lipinski definition) is 1. The average Bonchev–Trinajstić information content (AvgIpc) is 3.21. The molecule has 0 saturated heterocycles. The number of imidazole rings is 1. The predicted octanol–water partition coefficient (Wildman–Crippen LogP) is 4.00. The fourth-order valence-electron chi connectivity index (χ4n) is 3.34. The zero-order chi connectivity index (χ0) is 23.4. The van der Waals surface area contributed by atoms with Crippen LogP contribution < -0.4 is 10.1 Å². The van der Waals surface area contributed by atoms with Gasteiger partial charge in [-0.05, 0) is 37.3 Å². The van der Waals surface area contributed by atoms with Gasteiger partial charge in [0.15, 0.2) is 5.16 Å². The summed E-state index contributed by atoms with van der Waals surface area (Å²) in [6.07, 6.45) is 0. The molecule has 9 heteroatoms. The Balaban J connectivity index is 1.57. The maximum absolute atomic E-state index is 13.5. The normalized spacial score (nSPS) is 11.5. The molecule has 0 spiro atoms. The van der Waals surface area contributed by atoms with Crippen molar-refractivity contribution in [2.45, 2.75) is 23.5 Å². The number of methoxy groups -OCH3 is 1. The van der Waals surface area contributed by atoms with Crippen LogP contribution in [0.1, 0.15) is 11.1 Å². The molecule has 0 aliphatic rings. The van der Waals surface area contributed by atoms with Crippen molar-refractivity contribution < 1.29 is 17.9 Å². The van der Waals surface area contributed by atoms with Crippen LogP contribution in [0.15, 0.2) is 82.8 Å². The second-order valence-electron chi connectivity index (χ2n) is 7.34. The summed E-state index contributed by atoms with van der Waals surface area (Å²) >= 11 is 1.08. The molecule has 0 fully saturated rings. The van der Waals surface area contributed by atoms with Gasteiger partial charge in [-0.15, -0.1) is 0 Å². The third-order valence-corrected chi connectivity index (χ3v) is 7.82. The van der Waals surface area contributed by atoms with Crippen molar-refractivity contribution >= 4 is 38.7 Å². The lowest BCUT2D eigenvalue weighted by atomic mass is 10.2. The molecule has 7 nitrogen and oxygen atoms in total. The highest BCUT2D eigenvalue weighted by Crippen LogP contribution is 2.29. The third-order valence-electron chi connectivity index (χ3n) is 5.05. The van der Waals surface area contributed by atoms with Gasteiger partial charge in [-0.25, -0.2) is 17.4 Å². The number of hydrogen-bond acceptors (Lipinski definition) is 6. The minimum absolute atomic E-state index is 0.0158. The number of aryl methyl sites for hydroxylation is 1. The summed E-state index contributed by atoms with van der Waals surface area (Å²) in [4.78, 5) is 17.2. The number of carbonyl (C=O) groups excluding carboxylic acids is 1. The van der Waals surface area contributed by atoms with Crippen LogP contribution in [0.2, 0.25) is 0 Å². The summed E-state index contributed by atoms with van der Waals surface area (Å²) in [7, 11) is -2.32. The fraction of sp³-hybridized carbons (Fsp3) is 0.167. The molecule has 1 N–H and O–H groups in total. The van der Waals surface area contributed by atoms with Crippen LogP contribution in [-0.2, 0) is 21.4 Å². The van der Waals surface area contributed by atoms with Crippen molar-refractivity contribution in [3.8, 4) is 5.75 Å². The average molecular weight is 482 g/mol. The first-order valence-corrected chi connectivity index (χ1v) is 12.6. The summed E-state index contributed by atoms with van der Waals surface area (Å²) in [5.74, 6) is 0.468. The van der Waals surface area contributed by atoms with Gasteiger partial charge in [0.25, 0.3) is 10.0 Å². The number of nitrogens with one attached hydrogen (secondary N) is 1. The van der Waals surface area contributed by atoms with E-state index in [1.54, 1.807) is 55.6 Å². The first kappa shape index (κ1) is 22.9. The smallest absolute Gasteiger partial charge is 0.270 e. The minimum atomic E-state index is -3.90. The Kier molecular flexibility index (Phi) is 6.71. The summed E-state index contributed by atoms with van der Waals surface area (Å²) in [6.45, 7) is 2.20. The molecule has 170 valence electrons. The second kappa shape index (κ2) is 9.68. The minimum Gasteiger partial charge on any atom is -0.496 e. The van der Waals surface area contributed by atoms with Gasteiger partial charge < -0.3 is 10.1 Å². The number of para-hydroxylation sites is 3. The van der Waals surface area contributed by atoms with Gasteiger partial charge in [0, 0.05) is 12.1 Å². The molecule has 1 heterocycles. The van der Waals surface area contributed by atoms with E-state index in [0.717, 1.165) is 22.9 Å². The van der Waals surface area contributed by atoms with E-state index in [-0.39, 0.29) is 21.7 Å². The standard InChI is InChI=1S/C24H23N3O4S2/c1-17-11-13-19(14-12-17)33(29,30)27-21-9-5-4-8-20(21)26-24(27)32-16-23(28)25-15-18-7-3-6-10-22(18)31-2/h3-14H,15-16H2,1-2H3,(H,25,28). The van der Waals surface area contributed by atoms with Gasteiger partial charge >= 0.3 is 0 Å². The molecular weight excluding hydrogens is 458 g/mol. The van der Waals surface area contributed by atoms with Gasteiger partial charge in [0.05, 0.1) is 28.8 Å². The number of ether oxygens (including phenoxy) is 1. The van der Waals surface area contributed by atoms with Gasteiger partial charge in [0.1, 0.15) is 5.75 Å². The van der Waals surface area contributed by atoms with Crippen molar-refractivity contribution in [2.75, 3.05) is 12.9 Å². The van der Waals surface area contributed by atoms with Crippen molar-refractivity contribution in [3.05, 3.63) is 83.9 Å². The Hall–Kier alpha value is -3.30. The summed E-state index contributed by atoms with van der Waals surface area (Å²) in [5.41, 5.74) is 2.83. The molecule has 1 aromatic heterocycles. The van der Waals surface area contributed by atoms with Gasteiger partial charge in [-0.3, -0.25) is 4.79 Å². The van der Waals surface area contributed by atoms with E-state index in [4.69, 9.17) is 4.74 Å². The Bertz CT molecular complexity index is 1400. The first-order valence-electron chi connectivity index (χ1n) is 10.2. The topological polar surface area (TPSA) is 90.3 Å². The van der Waals surface area contributed by atoms with Crippen LogP contribution in [0.3, 0.4) is 0 Å². The summed E-state index contributed by atoms with van der Waals surface area (Å²) < 4.78 is 33.4. The van der Waals surface area contributed by atoms with Crippen molar-refractivity contribution in [1.29, 1.82) is 0 Å². The van der Waals surface area contributed by atoms with E-state index < -0.39 is 10.0 Å².